The van der Waals surface area contributed by atoms with Crippen LogP contribution in [-0.4, -0.2) is 27.6 Å². The summed E-state index contributed by atoms with van der Waals surface area (Å²) in [4.78, 5) is 39.4. The molecule has 0 spiro atoms. The molecule has 1 aromatic heterocycles. The van der Waals surface area contributed by atoms with Crippen molar-refractivity contribution >= 4 is 17.5 Å². The van der Waals surface area contributed by atoms with Gasteiger partial charge in [-0.05, 0) is 43.5 Å². The molecule has 1 aliphatic heterocycles. The highest BCUT2D eigenvalue weighted by atomic mass is 16.2. The summed E-state index contributed by atoms with van der Waals surface area (Å²) in [5.74, 6) is -0.431. The number of rotatable bonds is 6. The molecule has 0 saturated carbocycles. The first kappa shape index (κ1) is 21.5. The van der Waals surface area contributed by atoms with Crippen molar-refractivity contribution in [3.05, 3.63) is 93.4 Å². The minimum atomic E-state index is -0.345. The zero-order chi connectivity index (χ0) is 22.7. The molecule has 7 nitrogen and oxygen atoms in total. The molecule has 3 aromatic rings. The molecule has 0 aliphatic carbocycles. The summed E-state index contributed by atoms with van der Waals surface area (Å²) >= 11 is 0. The van der Waals surface area contributed by atoms with Gasteiger partial charge in [0.1, 0.15) is 5.69 Å². The maximum atomic E-state index is 13.2. The number of para-hydroxylation sites is 1. The predicted octanol–water partition coefficient (Wildman–Crippen LogP) is 2.85. The Morgan fingerprint density at radius 2 is 1.91 bits per heavy atom. The molecule has 0 unspecified atom stereocenters. The van der Waals surface area contributed by atoms with Gasteiger partial charge in [-0.2, -0.15) is 5.10 Å². The maximum absolute atomic E-state index is 13.2. The van der Waals surface area contributed by atoms with Gasteiger partial charge < -0.3 is 10.2 Å². The molecule has 7 heteroatoms. The van der Waals surface area contributed by atoms with Gasteiger partial charge in [0.15, 0.2) is 0 Å². The molecule has 1 N–H and O–H groups in total. The molecule has 0 saturated heterocycles. The fourth-order valence-electron chi connectivity index (χ4n) is 4.04. The summed E-state index contributed by atoms with van der Waals surface area (Å²) in [5.41, 5.74) is 3.98. The van der Waals surface area contributed by atoms with Crippen molar-refractivity contribution in [3.8, 4) is 0 Å². The van der Waals surface area contributed by atoms with Crippen LogP contribution in [0.5, 0.6) is 0 Å². The van der Waals surface area contributed by atoms with Gasteiger partial charge in [-0.3, -0.25) is 14.4 Å². The Morgan fingerprint density at radius 3 is 2.72 bits per heavy atom. The second kappa shape index (κ2) is 9.18. The highest BCUT2D eigenvalue weighted by Gasteiger charge is 2.32. The lowest BCUT2D eigenvalue weighted by molar-refractivity contribution is -0.121. The minimum Gasteiger partial charge on any atom is -0.352 e. The Morgan fingerprint density at radius 1 is 1.09 bits per heavy atom. The second-order valence-electron chi connectivity index (χ2n) is 8.15. The molecule has 2 aromatic carbocycles. The zero-order valence-corrected chi connectivity index (χ0v) is 18.2. The molecule has 32 heavy (non-hydrogen) atoms. The number of carbonyl (C=O) groups excluding carboxylic acids is 2. The van der Waals surface area contributed by atoms with E-state index in [1.807, 2.05) is 62.4 Å². The fraction of sp³-hybridized carbons (Fsp3) is 0.280. The van der Waals surface area contributed by atoms with Gasteiger partial charge in [-0.1, -0.05) is 48.0 Å². The lowest BCUT2D eigenvalue weighted by atomic mass is 10.1. The van der Waals surface area contributed by atoms with Crippen LogP contribution < -0.4 is 15.8 Å². The minimum absolute atomic E-state index is 0.00878. The van der Waals surface area contributed by atoms with Crippen molar-refractivity contribution in [2.45, 2.75) is 45.8 Å². The van der Waals surface area contributed by atoms with Crippen molar-refractivity contribution < 1.29 is 9.59 Å². The standard InChI is InChI=1S/C25H26N4O3/c1-17-6-5-7-19(14-17)16-26-23(30)12-13-28-24(31)11-10-21(27-28)25(32)29-18(2)15-20-8-3-4-9-22(20)29/h3-11,14,18H,12-13,15-16H2,1-2H3,(H,26,30)/t18-/m0/s1. The topological polar surface area (TPSA) is 84.3 Å². The second-order valence-corrected chi connectivity index (χ2v) is 8.15. The number of hydrogen-bond donors (Lipinski definition) is 1. The average molecular weight is 431 g/mol. The monoisotopic (exact) mass is 430 g/mol. The van der Waals surface area contributed by atoms with Crippen LogP contribution in [0.2, 0.25) is 0 Å². The highest BCUT2D eigenvalue weighted by molar-refractivity contribution is 6.06. The Hall–Kier alpha value is -3.74. The molecule has 1 aliphatic rings. The molecule has 0 radical (unpaired) electrons. The van der Waals surface area contributed by atoms with Crippen LogP contribution >= 0.6 is 0 Å². The third-order valence-corrected chi connectivity index (χ3v) is 5.63. The fourth-order valence-corrected chi connectivity index (χ4v) is 4.04. The van der Waals surface area contributed by atoms with Crippen LogP contribution in [-0.2, 0) is 24.3 Å². The largest absolute Gasteiger partial charge is 0.352 e. The number of aryl methyl sites for hydroxylation is 2. The SMILES string of the molecule is Cc1cccc(CNC(=O)CCn2nc(C(=O)N3c4ccccc4C[C@@H]3C)ccc2=O)c1. The van der Waals surface area contributed by atoms with E-state index in [2.05, 4.69) is 10.4 Å². The predicted molar refractivity (Wildman–Crippen MR) is 123 cm³/mol. The summed E-state index contributed by atoms with van der Waals surface area (Å²) < 4.78 is 1.19. The van der Waals surface area contributed by atoms with E-state index in [4.69, 9.17) is 0 Å². The normalized spacial score (nSPS) is 14.8. The van der Waals surface area contributed by atoms with E-state index in [9.17, 15) is 14.4 Å². The van der Waals surface area contributed by atoms with E-state index in [0.717, 1.165) is 28.8 Å². The van der Waals surface area contributed by atoms with E-state index in [0.29, 0.717) is 6.54 Å². The highest BCUT2D eigenvalue weighted by Crippen LogP contribution is 2.32. The van der Waals surface area contributed by atoms with Crippen molar-refractivity contribution in [2.24, 2.45) is 0 Å². The van der Waals surface area contributed by atoms with E-state index in [-0.39, 0.29) is 42.1 Å². The van der Waals surface area contributed by atoms with E-state index >= 15 is 0 Å². The molecule has 0 bridgehead atoms. The van der Waals surface area contributed by atoms with Gasteiger partial charge in [0.2, 0.25) is 5.91 Å². The number of nitrogens with one attached hydrogen (secondary N) is 1. The van der Waals surface area contributed by atoms with Crippen molar-refractivity contribution in [3.63, 3.8) is 0 Å². The quantitative estimate of drug-likeness (QED) is 0.652. The number of aromatic nitrogens is 2. The third-order valence-electron chi connectivity index (χ3n) is 5.63. The van der Waals surface area contributed by atoms with Gasteiger partial charge in [0, 0.05) is 30.8 Å². The first-order chi connectivity index (χ1) is 15.4. The third kappa shape index (κ3) is 4.61. The van der Waals surface area contributed by atoms with Crippen LogP contribution in [0.4, 0.5) is 5.69 Å². The molecule has 4 rings (SSSR count). The summed E-state index contributed by atoms with van der Waals surface area (Å²) in [6, 6.07) is 18.5. The summed E-state index contributed by atoms with van der Waals surface area (Å²) in [6.07, 6.45) is 0.877. The number of anilines is 1. The molecule has 164 valence electrons. The number of benzene rings is 2. The maximum Gasteiger partial charge on any atom is 0.278 e. The van der Waals surface area contributed by atoms with E-state index in [1.54, 1.807) is 4.90 Å². The van der Waals surface area contributed by atoms with Crippen LogP contribution in [0.15, 0.2) is 65.5 Å². The van der Waals surface area contributed by atoms with Crippen LogP contribution in [0, 0.1) is 6.92 Å². The van der Waals surface area contributed by atoms with Gasteiger partial charge >= 0.3 is 0 Å². The molecule has 1 atom stereocenters. The average Bonchev–Trinajstić information content (AvgIpc) is 3.12. The Labute approximate surface area is 186 Å². The summed E-state index contributed by atoms with van der Waals surface area (Å²) in [5, 5.41) is 7.12. The molecule has 2 heterocycles. The first-order valence-corrected chi connectivity index (χ1v) is 10.7. The van der Waals surface area contributed by atoms with Gasteiger partial charge in [0.05, 0.1) is 6.54 Å². The van der Waals surface area contributed by atoms with Gasteiger partial charge in [0.25, 0.3) is 11.5 Å². The lowest BCUT2D eigenvalue weighted by Gasteiger charge is -2.22. The van der Waals surface area contributed by atoms with Crippen molar-refractivity contribution in [1.82, 2.24) is 15.1 Å². The van der Waals surface area contributed by atoms with Crippen LogP contribution in [0.1, 0.15) is 40.5 Å². The number of nitrogens with zero attached hydrogens (tertiary/aromatic N) is 3. The lowest BCUT2D eigenvalue weighted by Crippen LogP contribution is -2.38. The Balaban J connectivity index is 1.42. The number of amides is 2. The first-order valence-electron chi connectivity index (χ1n) is 10.7. The smallest absolute Gasteiger partial charge is 0.278 e. The van der Waals surface area contributed by atoms with E-state index < -0.39 is 0 Å². The summed E-state index contributed by atoms with van der Waals surface area (Å²) in [6.45, 7) is 4.52. The van der Waals surface area contributed by atoms with Crippen molar-refractivity contribution in [1.29, 1.82) is 0 Å². The van der Waals surface area contributed by atoms with Gasteiger partial charge in [-0.15, -0.1) is 0 Å². The van der Waals surface area contributed by atoms with Gasteiger partial charge in [-0.25, -0.2) is 4.68 Å². The van der Waals surface area contributed by atoms with E-state index in [1.165, 1.54) is 16.8 Å². The number of carbonyl (C=O) groups is 2. The molecular weight excluding hydrogens is 404 g/mol. The van der Waals surface area contributed by atoms with Crippen LogP contribution in [0.25, 0.3) is 0 Å². The zero-order valence-electron chi connectivity index (χ0n) is 18.2. The number of hydrogen-bond acceptors (Lipinski definition) is 4. The molecular formula is C25H26N4O3. The Kier molecular flexibility index (Phi) is 6.16. The van der Waals surface area contributed by atoms with Crippen LogP contribution in [0.3, 0.4) is 0 Å². The van der Waals surface area contributed by atoms with Crippen molar-refractivity contribution in [2.75, 3.05) is 4.90 Å². The molecule has 2 amide bonds. The number of fused-ring (bicyclic) bond motifs is 1. The molecule has 0 fully saturated rings. The Bertz CT molecular complexity index is 1220. The summed E-state index contributed by atoms with van der Waals surface area (Å²) in [7, 11) is 0.